The number of nitrogens with two attached hydrogens (primary N) is 1. The minimum atomic E-state index is -0.422. The van der Waals surface area contributed by atoms with Crippen molar-refractivity contribution >= 4 is 40.6 Å². The number of carbonyl (C=O) groups excluding carboxylic acids is 2. The molecule has 0 atom stereocenters. The molecule has 0 saturated heterocycles. The zero-order valence-electron chi connectivity index (χ0n) is 10.9. The minimum Gasteiger partial charge on any atom is -0.324 e. The third-order valence-electron chi connectivity index (χ3n) is 2.84. The third-order valence-corrected chi connectivity index (χ3v) is 3.38. The summed E-state index contributed by atoms with van der Waals surface area (Å²) in [7, 11) is 0. The number of Topliss-reactive ketones (excluding diaryl/α,β-unsaturated/α-hetero) is 1. The zero-order chi connectivity index (χ0) is 15.4. The van der Waals surface area contributed by atoms with Gasteiger partial charge in [0.25, 0.3) is 5.91 Å². The molecule has 0 saturated carbocycles. The van der Waals surface area contributed by atoms with Crippen molar-refractivity contribution in [3.05, 3.63) is 63.6 Å². The van der Waals surface area contributed by atoms with Crippen molar-refractivity contribution in [3.63, 3.8) is 0 Å². The van der Waals surface area contributed by atoms with E-state index < -0.39 is 5.91 Å². The van der Waals surface area contributed by atoms with Crippen LogP contribution >= 0.6 is 23.2 Å². The molecule has 2 rings (SSSR count). The highest BCUT2D eigenvalue weighted by Crippen LogP contribution is 2.23. The van der Waals surface area contributed by atoms with E-state index in [0.717, 1.165) is 0 Å². The number of rotatable bonds is 4. The van der Waals surface area contributed by atoms with Crippen LogP contribution in [0.4, 0.5) is 5.69 Å². The quantitative estimate of drug-likeness (QED) is 0.847. The van der Waals surface area contributed by atoms with E-state index in [9.17, 15) is 9.59 Å². The van der Waals surface area contributed by atoms with Crippen LogP contribution in [0, 0.1) is 0 Å². The topological polar surface area (TPSA) is 72.2 Å². The summed E-state index contributed by atoms with van der Waals surface area (Å²) in [4.78, 5) is 24.0. The normalized spacial score (nSPS) is 10.2. The lowest BCUT2D eigenvalue weighted by molar-refractivity contribution is 0.100. The number of carbonyl (C=O) groups is 2. The van der Waals surface area contributed by atoms with Gasteiger partial charge in [-0.2, -0.15) is 0 Å². The Labute approximate surface area is 131 Å². The van der Waals surface area contributed by atoms with Crippen molar-refractivity contribution in [2.45, 2.75) is 0 Å². The van der Waals surface area contributed by atoms with Crippen LogP contribution in [-0.2, 0) is 0 Å². The number of hydrogen-bond acceptors (Lipinski definition) is 3. The lowest BCUT2D eigenvalue weighted by atomic mass is 10.1. The summed E-state index contributed by atoms with van der Waals surface area (Å²) in [5.41, 5.74) is 6.38. The van der Waals surface area contributed by atoms with E-state index in [1.54, 1.807) is 30.3 Å². The van der Waals surface area contributed by atoms with Crippen molar-refractivity contribution in [1.29, 1.82) is 0 Å². The first-order valence-electron chi connectivity index (χ1n) is 6.11. The summed E-state index contributed by atoms with van der Waals surface area (Å²) in [6, 6.07) is 11.2. The molecule has 1 amide bonds. The number of amides is 1. The van der Waals surface area contributed by atoms with Crippen molar-refractivity contribution in [1.82, 2.24) is 0 Å². The zero-order valence-corrected chi connectivity index (χ0v) is 12.4. The van der Waals surface area contributed by atoms with Gasteiger partial charge in [0.1, 0.15) is 0 Å². The molecule has 6 heteroatoms. The predicted molar refractivity (Wildman–Crippen MR) is 84.2 cm³/mol. The Morgan fingerprint density at radius 1 is 1.05 bits per heavy atom. The molecule has 0 aliphatic heterocycles. The number of hydrogen-bond donors (Lipinski definition) is 2. The Kier molecular flexibility index (Phi) is 4.96. The largest absolute Gasteiger partial charge is 0.324 e. The molecule has 0 bridgehead atoms. The average Bonchev–Trinajstić information content (AvgIpc) is 2.46. The molecule has 108 valence electrons. The molecule has 0 aliphatic carbocycles. The highest BCUT2D eigenvalue weighted by molar-refractivity contribution is 6.37. The van der Waals surface area contributed by atoms with Gasteiger partial charge in [-0.25, -0.2) is 0 Å². The standard InChI is InChI=1S/C15H12Cl2N2O2/c16-9-5-6-10(12(17)7-9)15(21)19-13-4-2-1-3-11(13)14(20)8-18/h1-7H,8,18H2,(H,19,21). The van der Waals surface area contributed by atoms with Gasteiger partial charge in [-0.15, -0.1) is 0 Å². The lowest BCUT2D eigenvalue weighted by Crippen LogP contribution is -2.19. The van der Waals surface area contributed by atoms with E-state index in [4.69, 9.17) is 28.9 Å². The maximum absolute atomic E-state index is 12.2. The van der Waals surface area contributed by atoms with Gasteiger partial charge in [0, 0.05) is 10.6 Å². The molecule has 0 radical (unpaired) electrons. The fraction of sp³-hybridized carbons (Fsp3) is 0.0667. The van der Waals surface area contributed by atoms with Gasteiger partial charge in [0.15, 0.2) is 5.78 Å². The smallest absolute Gasteiger partial charge is 0.257 e. The summed E-state index contributed by atoms with van der Waals surface area (Å²) in [6.07, 6.45) is 0. The van der Waals surface area contributed by atoms with Crippen LogP contribution in [0.1, 0.15) is 20.7 Å². The Hall–Kier alpha value is -1.88. The Balaban J connectivity index is 2.30. The molecule has 2 aromatic carbocycles. The van der Waals surface area contributed by atoms with Crippen LogP contribution in [-0.4, -0.2) is 18.2 Å². The highest BCUT2D eigenvalue weighted by Gasteiger charge is 2.15. The van der Waals surface area contributed by atoms with E-state index in [2.05, 4.69) is 5.32 Å². The van der Waals surface area contributed by atoms with Crippen molar-refractivity contribution in [2.75, 3.05) is 11.9 Å². The van der Waals surface area contributed by atoms with Crippen LogP contribution in [0.5, 0.6) is 0 Å². The molecule has 21 heavy (non-hydrogen) atoms. The van der Waals surface area contributed by atoms with Gasteiger partial charge in [0.2, 0.25) is 0 Å². The molecule has 0 unspecified atom stereocenters. The van der Waals surface area contributed by atoms with Crippen LogP contribution < -0.4 is 11.1 Å². The number of nitrogens with one attached hydrogen (secondary N) is 1. The third kappa shape index (κ3) is 3.61. The molecule has 0 fully saturated rings. The Morgan fingerprint density at radius 2 is 1.76 bits per heavy atom. The van der Waals surface area contributed by atoms with Crippen molar-refractivity contribution in [2.24, 2.45) is 5.73 Å². The highest BCUT2D eigenvalue weighted by atomic mass is 35.5. The van der Waals surface area contributed by atoms with E-state index >= 15 is 0 Å². The monoisotopic (exact) mass is 322 g/mol. The van der Waals surface area contributed by atoms with Gasteiger partial charge >= 0.3 is 0 Å². The van der Waals surface area contributed by atoms with Crippen LogP contribution in [0.2, 0.25) is 10.0 Å². The van der Waals surface area contributed by atoms with Crippen molar-refractivity contribution in [3.8, 4) is 0 Å². The van der Waals surface area contributed by atoms with Gasteiger partial charge in [-0.05, 0) is 30.3 Å². The number of ketones is 1. The first-order valence-corrected chi connectivity index (χ1v) is 6.87. The maximum atomic E-state index is 12.2. The predicted octanol–water partition coefficient (Wildman–Crippen LogP) is 3.39. The number of para-hydroxylation sites is 1. The molecule has 2 aromatic rings. The molecule has 0 spiro atoms. The SMILES string of the molecule is NCC(=O)c1ccccc1NC(=O)c1ccc(Cl)cc1Cl. The second-order valence-corrected chi connectivity index (χ2v) is 5.09. The molecular weight excluding hydrogens is 311 g/mol. The first-order chi connectivity index (χ1) is 10.0. The number of benzene rings is 2. The van der Waals surface area contributed by atoms with Crippen LogP contribution in [0.3, 0.4) is 0 Å². The summed E-state index contributed by atoms with van der Waals surface area (Å²) < 4.78 is 0. The average molecular weight is 323 g/mol. The van der Waals surface area contributed by atoms with E-state index in [1.165, 1.54) is 12.1 Å². The lowest BCUT2D eigenvalue weighted by Gasteiger charge is -2.10. The van der Waals surface area contributed by atoms with Gasteiger partial charge in [0.05, 0.1) is 22.8 Å². The molecule has 3 N–H and O–H groups in total. The van der Waals surface area contributed by atoms with E-state index in [1.807, 2.05) is 0 Å². The molecule has 0 aromatic heterocycles. The van der Waals surface area contributed by atoms with Crippen LogP contribution in [0.25, 0.3) is 0 Å². The van der Waals surface area contributed by atoms with Crippen molar-refractivity contribution < 1.29 is 9.59 Å². The summed E-state index contributed by atoms with van der Waals surface area (Å²) in [6.45, 7) is -0.130. The van der Waals surface area contributed by atoms with Crippen LogP contribution in [0.15, 0.2) is 42.5 Å². The second-order valence-electron chi connectivity index (χ2n) is 4.25. The van der Waals surface area contributed by atoms with E-state index in [0.29, 0.717) is 16.3 Å². The van der Waals surface area contributed by atoms with E-state index in [-0.39, 0.29) is 22.9 Å². The number of halogens is 2. The molecular formula is C15H12Cl2N2O2. The minimum absolute atomic E-state index is 0.130. The fourth-order valence-electron chi connectivity index (χ4n) is 1.81. The Morgan fingerprint density at radius 3 is 2.43 bits per heavy atom. The fourth-order valence-corrected chi connectivity index (χ4v) is 2.30. The maximum Gasteiger partial charge on any atom is 0.257 e. The van der Waals surface area contributed by atoms with Gasteiger partial charge < -0.3 is 11.1 Å². The Bertz CT molecular complexity index is 702. The first kappa shape index (κ1) is 15.5. The molecule has 4 nitrogen and oxygen atoms in total. The van der Waals surface area contributed by atoms with Gasteiger partial charge in [-0.3, -0.25) is 9.59 Å². The number of anilines is 1. The summed E-state index contributed by atoms with van der Waals surface area (Å²) >= 11 is 11.8. The van der Waals surface area contributed by atoms with Gasteiger partial charge in [-0.1, -0.05) is 35.3 Å². The second kappa shape index (κ2) is 6.72. The summed E-state index contributed by atoms with van der Waals surface area (Å²) in [5.74, 6) is -0.679. The molecule has 0 aliphatic rings. The molecule has 0 heterocycles. The summed E-state index contributed by atoms with van der Waals surface area (Å²) in [5, 5.41) is 3.34.